The third-order valence-electron chi connectivity index (χ3n) is 3.85. The average molecular weight is 267 g/mol. The van der Waals surface area contributed by atoms with E-state index in [0.717, 1.165) is 25.4 Å². The van der Waals surface area contributed by atoms with Crippen molar-refractivity contribution in [3.63, 3.8) is 0 Å². The zero-order valence-corrected chi connectivity index (χ0v) is 11.7. The van der Waals surface area contributed by atoms with Gasteiger partial charge in [0.1, 0.15) is 5.75 Å². The van der Waals surface area contributed by atoms with Gasteiger partial charge in [-0.3, -0.25) is 0 Å². The molecule has 1 aliphatic rings. The van der Waals surface area contributed by atoms with Gasteiger partial charge in [-0.1, -0.05) is 48.5 Å². The van der Waals surface area contributed by atoms with Crippen molar-refractivity contribution in [3.05, 3.63) is 54.6 Å². The molecule has 0 spiro atoms. The van der Waals surface area contributed by atoms with E-state index < -0.39 is 0 Å². The number of nitrogens with one attached hydrogen (secondary N) is 1. The van der Waals surface area contributed by atoms with E-state index in [4.69, 9.17) is 4.74 Å². The topological polar surface area (TPSA) is 21.3 Å². The van der Waals surface area contributed by atoms with Gasteiger partial charge in [0.25, 0.3) is 0 Å². The van der Waals surface area contributed by atoms with E-state index in [9.17, 15) is 0 Å². The maximum Gasteiger partial charge on any atom is 0.127 e. The molecule has 2 aromatic rings. The largest absolute Gasteiger partial charge is 0.493 e. The van der Waals surface area contributed by atoms with Crippen LogP contribution < -0.4 is 10.1 Å². The van der Waals surface area contributed by atoms with Crippen molar-refractivity contribution in [1.82, 2.24) is 5.32 Å². The summed E-state index contributed by atoms with van der Waals surface area (Å²) in [4.78, 5) is 0. The smallest absolute Gasteiger partial charge is 0.127 e. The molecule has 1 fully saturated rings. The second kappa shape index (κ2) is 6.58. The molecule has 0 aliphatic carbocycles. The lowest BCUT2D eigenvalue weighted by Crippen LogP contribution is -2.33. The number of benzene rings is 2. The van der Waals surface area contributed by atoms with Gasteiger partial charge in [0.2, 0.25) is 0 Å². The minimum Gasteiger partial charge on any atom is -0.493 e. The maximum absolute atomic E-state index is 6.09. The van der Waals surface area contributed by atoms with Gasteiger partial charge in [0.15, 0.2) is 0 Å². The van der Waals surface area contributed by atoms with Crippen LogP contribution in [-0.2, 0) is 0 Å². The second-order valence-corrected chi connectivity index (χ2v) is 5.39. The summed E-state index contributed by atoms with van der Waals surface area (Å²) in [5.74, 6) is 1.62. The summed E-state index contributed by atoms with van der Waals surface area (Å²) in [6.07, 6.45) is 2.52. The summed E-state index contributed by atoms with van der Waals surface area (Å²) in [5.41, 5.74) is 2.39. The molecule has 0 radical (unpaired) electrons. The Labute approximate surface area is 120 Å². The number of rotatable bonds is 4. The lowest BCUT2D eigenvalue weighted by molar-refractivity contribution is 0.219. The number of hydrogen-bond donors (Lipinski definition) is 1. The number of para-hydroxylation sites is 1. The predicted molar refractivity (Wildman–Crippen MR) is 83.0 cm³/mol. The Hall–Kier alpha value is -1.80. The molecule has 3 rings (SSSR count). The zero-order valence-electron chi connectivity index (χ0n) is 11.7. The van der Waals surface area contributed by atoms with Crippen LogP contribution in [0, 0.1) is 5.92 Å². The fourth-order valence-electron chi connectivity index (χ4n) is 2.72. The fraction of sp³-hybridized carbons (Fsp3) is 0.333. The number of ether oxygens (including phenoxy) is 1. The van der Waals surface area contributed by atoms with Crippen molar-refractivity contribution in [1.29, 1.82) is 0 Å². The molecule has 2 aromatic carbocycles. The van der Waals surface area contributed by atoms with E-state index in [-0.39, 0.29) is 0 Å². The van der Waals surface area contributed by atoms with Crippen LogP contribution >= 0.6 is 0 Å². The first kappa shape index (κ1) is 13.2. The van der Waals surface area contributed by atoms with Gasteiger partial charge in [-0.05, 0) is 31.0 Å². The molecule has 0 aromatic heterocycles. The molecule has 1 aliphatic heterocycles. The fourth-order valence-corrected chi connectivity index (χ4v) is 2.72. The van der Waals surface area contributed by atoms with Gasteiger partial charge in [0.05, 0.1) is 6.61 Å². The molecule has 1 atom stereocenters. The van der Waals surface area contributed by atoms with Gasteiger partial charge in [0, 0.05) is 18.0 Å². The Balaban J connectivity index is 1.73. The molecule has 0 amide bonds. The Morgan fingerprint density at radius 2 is 1.80 bits per heavy atom. The predicted octanol–water partition coefficient (Wildman–Crippen LogP) is 3.73. The third-order valence-corrected chi connectivity index (χ3v) is 3.85. The molecule has 0 unspecified atom stereocenters. The SMILES string of the molecule is c1ccc(-c2ccccc2OC[C@H]2CCCNC2)cc1. The second-order valence-electron chi connectivity index (χ2n) is 5.39. The average Bonchev–Trinajstić information content (AvgIpc) is 2.55. The van der Waals surface area contributed by atoms with Crippen LogP contribution in [0.15, 0.2) is 54.6 Å². The molecule has 1 saturated heterocycles. The lowest BCUT2D eigenvalue weighted by atomic mass is 10.0. The highest BCUT2D eigenvalue weighted by Gasteiger charge is 2.14. The summed E-state index contributed by atoms with van der Waals surface area (Å²) in [6.45, 7) is 3.03. The first-order chi connectivity index (χ1) is 9.93. The van der Waals surface area contributed by atoms with Crippen molar-refractivity contribution < 1.29 is 4.74 Å². The minimum atomic E-state index is 0.632. The first-order valence-electron chi connectivity index (χ1n) is 7.41. The van der Waals surface area contributed by atoms with E-state index in [0.29, 0.717) is 5.92 Å². The molecule has 2 heteroatoms. The van der Waals surface area contributed by atoms with Crippen LogP contribution in [0.2, 0.25) is 0 Å². The van der Waals surface area contributed by atoms with Crippen molar-refractivity contribution in [2.75, 3.05) is 19.7 Å². The summed E-state index contributed by atoms with van der Waals surface area (Å²) in [7, 11) is 0. The highest BCUT2D eigenvalue weighted by molar-refractivity contribution is 5.70. The molecule has 0 saturated carbocycles. The van der Waals surface area contributed by atoms with Gasteiger partial charge in [-0.2, -0.15) is 0 Å². The molecule has 1 N–H and O–H groups in total. The third kappa shape index (κ3) is 3.20. The van der Waals surface area contributed by atoms with Crippen LogP contribution in [-0.4, -0.2) is 19.7 Å². The lowest BCUT2D eigenvalue weighted by Gasteiger charge is -2.23. The zero-order chi connectivity index (χ0) is 13.6. The highest BCUT2D eigenvalue weighted by atomic mass is 16.5. The molecular formula is C18H21NO. The van der Waals surface area contributed by atoms with Crippen molar-refractivity contribution in [2.24, 2.45) is 5.92 Å². The Morgan fingerprint density at radius 3 is 2.60 bits per heavy atom. The first-order valence-corrected chi connectivity index (χ1v) is 7.41. The summed E-state index contributed by atoms with van der Waals surface area (Å²) >= 11 is 0. The molecule has 104 valence electrons. The Kier molecular flexibility index (Phi) is 4.34. The van der Waals surface area contributed by atoms with Crippen LogP contribution in [0.5, 0.6) is 5.75 Å². The summed E-state index contributed by atoms with van der Waals surface area (Å²) in [6, 6.07) is 18.7. The van der Waals surface area contributed by atoms with Gasteiger partial charge in [-0.25, -0.2) is 0 Å². The van der Waals surface area contributed by atoms with E-state index in [2.05, 4.69) is 47.8 Å². The molecule has 2 nitrogen and oxygen atoms in total. The van der Waals surface area contributed by atoms with Crippen molar-refractivity contribution in [3.8, 4) is 16.9 Å². The monoisotopic (exact) mass is 267 g/mol. The molecule has 0 bridgehead atoms. The minimum absolute atomic E-state index is 0.632. The standard InChI is InChI=1S/C18H21NO/c1-2-8-16(9-3-1)17-10-4-5-11-18(17)20-14-15-7-6-12-19-13-15/h1-5,8-11,15,19H,6-7,12-14H2/t15-/m0/s1. The van der Waals surface area contributed by atoms with Crippen LogP contribution in [0.25, 0.3) is 11.1 Å². The van der Waals surface area contributed by atoms with Crippen LogP contribution in [0.1, 0.15) is 12.8 Å². The molecular weight excluding hydrogens is 246 g/mol. The van der Waals surface area contributed by atoms with Gasteiger partial charge >= 0.3 is 0 Å². The molecule has 20 heavy (non-hydrogen) atoms. The Morgan fingerprint density at radius 1 is 1.00 bits per heavy atom. The van der Waals surface area contributed by atoms with Crippen molar-refractivity contribution in [2.45, 2.75) is 12.8 Å². The quantitative estimate of drug-likeness (QED) is 0.911. The number of hydrogen-bond acceptors (Lipinski definition) is 2. The van der Waals surface area contributed by atoms with Gasteiger partial charge in [-0.15, -0.1) is 0 Å². The van der Waals surface area contributed by atoms with Gasteiger partial charge < -0.3 is 10.1 Å². The maximum atomic E-state index is 6.09. The molecule has 1 heterocycles. The van der Waals surface area contributed by atoms with Crippen LogP contribution in [0.3, 0.4) is 0 Å². The Bertz CT molecular complexity index is 532. The summed E-state index contributed by atoms with van der Waals surface area (Å²) in [5, 5.41) is 3.44. The van der Waals surface area contributed by atoms with Crippen molar-refractivity contribution >= 4 is 0 Å². The van der Waals surface area contributed by atoms with E-state index in [1.807, 2.05) is 12.1 Å². The summed E-state index contributed by atoms with van der Waals surface area (Å²) < 4.78 is 6.09. The van der Waals surface area contributed by atoms with Crippen LogP contribution in [0.4, 0.5) is 0 Å². The van der Waals surface area contributed by atoms with E-state index >= 15 is 0 Å². The van der Waals surface area contributed by atoms with E-state index in [1.54, 1.807) is 0 Å². The van der Waals surface area contributed by atoms with E-state index in [1.165, 1.54) is 24.0 Å². The normalized spacial score (nSPS) is 18.7. The number of piperidine rings is 1. The highest BCUT2D eigenvalue weighted by Crippen LogP contribution is 2.30.